The van der Waals surface area contributed by atoms with Crippen LogP contribution in [0.1, 0.15) is 10.4 Å². The summed E-state index contributed by atoms with van der Waals surface area (Å²) >= 11 is 13.3. The van der Waals surface area contributed by atoms with Crippen LogP contribution in [0.2, 0.25) is 9.36 Å². The van der Waals surface area contributed by atoms with E-state index in [0.717, 1.165) is 23.0 Å². The summed E-state index contributed by atoms with van der Waals surface area (Å²) in [5.41, 5.74) is 1.37. The average molecular weight is 297 g/mol. The number of hydrogen-bond donors (Lipinski definition) is 1. The Labute approximate surface area is 120 Å². The number of thiophene rings is 1. The van der Waals surface area contributed by atoms with Gasteiger partial charge in [-0.3, -0.25) is 0 Å². The molecule has 0 fully saturated rings. The first kappa shape index (κ1) is 13.2. The first-order valence-corrected chi connectivity index (χ1v) is 6.94. The number of anilines is 1. The van der Waals surface area contributed by atoms with Crippen LogP contribution in [0.25, 0.3) is 0 Å². The van der Waals surface area contributed by atoms with Crippen molar-refractivity contribution >= 4 is 40.2 Å². The van der Waals surface area contributed by atoms with Gasteiger partial charge in [-0.15, -0.1) is 11.3 Å². The Morgan fingerprint density at radius 3 is 2.72 bits per heavy atom. The zero-order chi connectivity index (χ0) is 13.0. The quantitative estimate of drug-likeness (QED) is 0.896. The maximum atomic E-state index is 8.98. The highest BCUT2D eigenvalue weighted by molar-refractivity contribution is 7.16. The van der Waals surface area contributed by atoms with E-state index in [-0.39, 0.29) is 0 Å². The van der Waals surface area contributed by atoms with E-state index < -0.39 is 0 Å². The van der Waals surface area contributed by atoms with Gasteiger partial charge in [-0.2, -0.15) is 5.26 Å². The van der Waals surface area contributed by atoms with Gasteiger partial charge in [0.15, 0.2) is 0 Å². The first-order chi connectivity index (χ1) is 8.69. The minimum absolute atomic E-state index is 0.601. The molecule has 2 nitrogen and oxygen atoms in total. The Kier molecular flexibility index (Phi) is 4.48. The van der Waals surface area contributed by atoms with Crippen LogP contribution in [0, 0.1) is 11.3 Å². The zero-order valence-corrected chi connectivity index (χ0v) is 11.7. The van der Waals surface area contributed by atoms with Crippen molar-refractivity contribution in [1.29, 1.82) is 5.26 Å². The molecule has 2 rings (SSSR count). The van der Waals surface area contributed by atoms with Crippen molar-refractivity contribution in [3.05, 3.63) is 50.1 Å². The van der Waals surface area contributed by atoms with Crippen molar-refractivity contribution in [3.8, 4) is 6.07 Å². The summed E-state index contributed by atoms with van der Waals surface area (Å²) in [5, 5.41) is 12.8. The van der Waals surface area contributed by atoms with Crippen LogP contribution < -0.4 is 5.32 Å². The minimum Gasteiger partial charge on any atom is -0.384 e. The van der Waals surface area contributed by atoms with Gasteiger partial charge in [0.05, 0.1) is 15.6 Å². The first-order valence-electron chi connectivity index (χ1n) is 5.37. The van der Waals surface area contributed by atoms with Crippen molar-refractivity contribution in [2.45, 2.75) is 6.42 Å². The van der Waals surface area contributed by atoms with Gasteiger partial charge in [-0.1, -0.05) is 23.2 Å². The molecule has 5 heteroatoms. The second-order valence-corrected chi connectivity index (χ2v) is 5.92. The fourth-order valence-electron chi connectivity index (χ4n) is 1.57. The van der Waals surface area contributed by atoms with Crippen LogP contribution in [0.3, 0.4) is 0 Å². The number of rotatable bonds is 4. The molecule has 0 aliphatic heterocycles. The lowest BCUT2D eigenvalue weighted by molar-refractivity contribution is 1.04. The van der Waals surface area contributed by atoms with Gasteiger partial charge in [0.1, 0.15) is 6.07 Å². The van der Waals surface area contributed by atoms with Gasteiger partial charge in [-0.05, 0) is 36.8 Å². The Balaban J connectivity index is 1.98. The van der Waals surface area contributed by atoms with Crippen LogP contribution in [0.15, 0.2) is 30.3 Å². The molecular formula is C13H10Cl2N2S. The van der Waals surface area contributed by atoms with Crippen molar-refractivity contribution in [2.75, 3.05) is 11.9 Å². The third-order valence-corrected chi connectivity index (χ3v) is 3.94. The summed E-state index contributed by atoms with van der Waals surface area (Å²) in [6.45, 7) is 0.742. The molecule has 0 unspecified atom stereocenters. The molecule has 0 bridgehead atoms. The van der Waals surface area contributed by atoms with Gasteiger partial charge in [0.2, 0.25) is 0 Å². The van der Waals surface area contributed by atoms with Crippen LogP contribution >= 0.6 is 34.5 Å². The maximum Gasteiger partial charge on any atom is 0.101 e. The maximum absolute atomic E-state index is 8.98. The summed E-state index contributed by atoms with van der Waals surface area (Å²) in [4.78, 5) is 1.22. The number of nitrogens with zero attached hydrogens (tertiary/aromatic N) is 1. The Morgan fingerprint density at radius 1 is 1.22 bits per heavy atom. The smallest absolute Gasteiger partial charge is 0.101 e. The molecule has 2 aromatic rings. The number of nitriles is 1. The molecule has 0 aliphatic rings. The minimum atomic E-state index is 0.601. The van der Waals surface area contributed by atoms with E-state index in [4.69, 9.17) is 28.5 Å². The lowest BCUT2D eigenvalue weighted by Crippen LogP contribution is -2.05. The SMILES string of the molecule is N#Cc1ccc(Cl)cc1NCCc1ccc(Cl)s1. The standard InChI is InChI=1S/C13H10Cl2N2S/c14-10-2-1-9(8-16)12(7-10)17-6-5-11-3-4-13(15)18-11/h1-4,7,17H,5-6H2. The third kappa shape index (κ3) is 3.39. The van der Waals surface area contributed by atoms with Crippen molar-refractivity contribution in [3.63, 3.8) is 0 Å². The second kappa shape index (κ2) is 6.10. The lowest BCUT2D eigenvalue weighted by atomic mass is 10.2. The number of benzene rings is 1. The monoisotopic (exact) mass is 296 g/mol. The van der Waals surface area contributed by atoms with E-state index in [9.17, 15) is 0 Å². The van der Waals surface area contributed by atoms with Crippen molar-refractivity contribution in [2.24, 2.45) is 0 Å². The average Bonchev–Trinajstić information content (AvgIpc) is 2.75. The van der Waals surface area contributed by atoms with Gasteiger partial charge in [0.25, 0.3) is 0 Å². The van der Waals surface area contributed by atoms with Crippen LogP contribution in [0.4, 0.5) is 5.69 Å². The molecule has 0 saturated carbocycles. The second-order valence-electron chi connectivity index (χ2n) is 3.68. The Morgan fingerprint density at radius 2 is 2.06 bits per heavy atom. The highest BCUT2D eigenvalue weighted by Crippen LogP contribution is 2.23. The predicted molar refractivity (Wildman–Crippen MR) is 77.7 cm³/mol. The predicted octanol–water partition coefficient (Wildman–Crippen LogP) is 4.58. The third-order valence-electron chi connectivity index (χ3n) is 2.42. The molecule has 0 atom stereocenters. The topological polar surface area (TPSA) is 35.8 Å². The number of nitrogens with one attached hydrogen (secondary N) is 1. The van der Waals surface area contributed by atoms with E-state index in [1.54, 1.807) is 29.5 Å². The van der Waals surface area contributed by atoms with Gasteiger partial charge in [0, 0.05) is 16.4 Å². The van der Waals surface area contributed by atoms with E-state index in [0.29, 0.717) is 10.6 Å². The van der Waals surface area contributed by atoms with E-state index in [2.05, 4.69) is 11.4 Å². The van der Waals surface area contributed by atoms with Crippen LogP contribution in [0.5, 0.6) is 0 Å². The highest BCUT2D eigenvalue weighted by atomic mass is 35.5. The molecule has 18 heavy (non-hydrogen) atoms. The Bertz CT molecular complexity index is 587. The molecule has 1 aromatic heterocycles. The molecule has 0 saturated heterocycles. The highest BCUT2D eigenvalue weighted by Gasteiger charge is 2.03. The molecule has 1 aromatic carbocycles. The number of halogens is 2. The van der Waals surface area contributed by atoms with E-state index >= 15 is 0 Å². The lowest BCUT2D eigenvalue weighted by Gasteiger charge is -2.07. The molecule has 1 N–H and O–H groups in total. The molecule has 0 aliphatic carbocycles. The molecule has 0 spiro atoms. The molecule has 0 radical (unpaired) electrons. The van der Waals surface area contributed by atoms with E-state index in [1.807, 2.05) is 12.1 Å². The molecule has 1 heterocycles. The summed E-state index contributed by atoms with van der Waals surface area (Å²) in [5.74, 6) is 0. The zero-order valence-electron chi connectivity index (χ0n) is 9.41. The largest absolute Gasteiger partial charge is 0.384 e. The van der Waals surface area contributed by atoms with Gasteiger partial charge < -0.3 is 5.32 Å². The van der Waals surface area contributed by atoms with Crippen molar-refractivity contribution in [1.82, 2.24) is 0 Å². The summed E-state index contributed by atoms with van der Waals surface area (Å²) in [6, 6.07) is 11.2. The normalized spacial score (nSPS) is 10.1. The van der Waals surface area contributed by atoms with Crippen molar-refractivity contribution < 1.29 is 0 Å². The van der Waals surface area contributed by atoms with E-state index in [1.165, 1.54) is 4.88 Å². The fourth-order valence-corrected chi connectivity index (χ4v) is 2.83. The summed E-state index contributed by atoms with van der Waals surface area (Å²) in [6.07, 6.45) is 0.870. The number of hydrogen-bond acceptors (Lipinski definition) is 3. The molecule has 92 valence electrons. The molecular weight excluding hydrogens is 287 g/mol. The summed E-state index contributed by atoms with van der Waals surface area (Å²) < 4.78 is 0.797. The van der Waals surface area contributed by atoms with Crippen LogP contribution in [-0.4, -0.2) is 6.54 Å². The van der Waals surface area contributed by atoms with Crippen LogP contribution in [-0.2, 0) is 6.42 Å². The van der Waals surface area contributed by atoms with Gasteiger partial charge in [-0.25, -0.2) is 0 Å². The Hall–Kier alpha value is -1.21. The molecule has 0 amide bonds. The summed E-state index contributed by atoms with van der Waals surface area (Å²) in [7, 11) is 0. The fraction of sp³-hybridized carbons (Fsp3) is 0.154. The van der Waals surface area contributed by atoms with Gasteiger partial charge >= 0.3 is 0 Å².